The average molecular weight is 243 g/mol. The molecule has 3 aromatic rings. The minimum atomic E-state index is 0.631. The topological polar surface area (TPSA) is 47.8 Å². The van der Waals surface area contributed by atoms with E-state index in [-0.39, 0.29) is 0 Å². The van der Waals surface area contributed by atoms with E-state index in [4.69, 9.17) is 0 Å². The van der Waals surface area contributed by atoms with E-state index in [9.17, 15) is 4.79 Å². The van der Waals surface area contributed by atoms with Gasteiger partial charge in [-0.3, -0.25) is 4.79 Å². The molecule has 0 aromatic carbocycles. The first-order valence-electron chi connectivity index (χ1n) is 5.10. The minimum Gasteiger partial charge on any atom is -0.335 e. The number of hydrogen-bond acceptors (Lipinski definition) is 4. The maximum atomic E-state index is 11.1. The Morgan fingerprint density at radius 3 is 3.00 bits per heavy atom. The van der Waals surface area contributed by atoms with Gasteiger partial charge in [0, 0.05) is 18.8 Å². The smallest absolute Gasteiger partial charge is 0.152 e. The third kappa shape index (κ3) is 1.47. The van der Waals surface area contributed by atoms with Crippen molar-refractivity contribution in [2.75, 3.05) is 0 Å². The molecule has 0 amide bonds. The zero-order valence-corrected chi connectivity index (χ0v) is 9.94. The molecule has 0 saturated carbocycles. The maximum absolute atomic E-state index is 11.1. The van der Waals surface area contributed by atoms with E-state index in [2.05, 4.69) is 9.97 Å². The third-order valence-electron chi connectivity index (χ3n) is 2.66. The summed E-state index contributed by atoms with van der Waals surface area (Å²) in [6.45, 7) is 0. The van der Waals surface area contributed by atoms with Crippen molar-refractivity contribution in [3.63, 3.8) is 0 Å². The van der Waals surface area contributed by atoms with Crippen LogP contribution in [0.3, 0.4) is 0 Å². The number of nitrogens with zero attached hydrogens (tertiary/aromatic N) is 3. The summed E-state index contributed by atoms with van der Waals surface area (Å²) < 4.78 is 1.85. The number of thiophene rings is 1. The van der Waals surface area contributed by atoms with E-state index in [0.29, 0.717) is 5.56 Å². The Balaban J connectivity index is 2.43. The van der Waals surface area contributed by atoms with Crippen molar-refractivity contribution in [3.05, 3.63) is 35.6 Å². The number of carbonyl (C=O) groups excluding carboxylic acids is 1. The van der Waals surface area contributed by atoms with Gasteiger partial charge in [-0.15, -0.1) is 11.3 Å². The second-order valence-electron chi connectivity index (χ2n) is 3.71. The number of aromatic nitrogens is 3. The summed E-state index contributed by atoms with van der Waals surface area (Å²) in [4.78, 5) is 20.7. The third-order valence-corrected chi connectivity index (χ3v) is 3.54. The van der Waals surface area contributed by atoms with Gasteiger partial charge in [0.25, 0.3) is 0 Å². The van der Waals surface area contributed by atoms with Crippen LogP contribution in [0.4, 0.5) is 0 Å². The number of hydrogen-bond donors (Lipinski definition) is 0. The second kappa shape index (κ2) is 3.78. The average Bonchev–Trinajstić information content (AvgIpc) is 2.97. The van der Waals surface area contributed by atoms with Crippen molar-refractivity contribution >= 4 is 28.7 Å². The van der Waals surface area contributed by atoms with Gasteiger partial charge in [-0.25, -0.2) is 9.97 Å². The second-order valence-corrected chi connectivity index (χ2v) is 4.66. The molecule has 3 aromatic heterocycles. The number of aldehydes is 1. The van der Waals surface area contributed by atoms with Gasteiger partial charge in [0.1, 0.15) is 12.0 Å². The molecule has 0 atom stereocenters. The quantitative estimate of drug-likeness (QED) is 0.650. The molecule has 0 spiro atoms. The Hall–Kier alpha value is -2.01. The molecule has 0 aliphatic carbocycles. The van der Waals surface area contributed by atoms with E-state index >= 15 is 0 Å². The predicted molar refractivity (Wildman–Crippen MR) is 67.2 cm³/mol. The summed E-state index contributed by atoms with van der Waals surface area (Å²) in [6.07, 6.45) is 4.16. The van der Waals surface area contributed by atoms with Crippen LogP contribution in [0.5, 0.6) is 0 Å². The van der Waals surface area contributed by atoms with Crippen molar-refractivity contribution in [3.8, 4) is 10.6 Å². The molecule has 0 unspecified atom stereocenters. The van der Waals surface area contributed by atoms with E-state index in [1.807, 2.05) is 29.1 Å². The summed E-state index contributed by atoms with van der Waals surface area (Å²) in [6, 6.07) is 3.96. The highest BCUT2D eigenvalue weighted by atomic mass is 32.1. The fourth-order valence-electron chi connectivity index (χ4n) is 1.93. The lowest BCUT2D eigenvalue weighted by Gasteiger charge is -2.00. The first-order chi connectivity index (χ1) is 8.31. The zero-order valence-electron chi connectivity index (χ0n) is 9.12. The first-order valence-corrected chi connectivity index (χ1v) is 5.98. The number of fused-ring (bicyclic) bond motifs is 1. The minimum absolute atomic E-state index is 0.631. The molecule has 0 aliphatic heterocycles. The Labute approximate surface area is 102 Å². The van der Waals surface area contributed by atoms with Gasteiger partial charge in [0.05, 0.1) is 16.0 Å². The molecule has 3 rings (SSSR count). The predicted octanol–water partition coefficient (Wildman–Crippen LogP) is 2.51. The highest BCUT2D eigenvalue weighted by molar-refractivity contribution is 7.13. The summed E-state index contributed by atoms with van der Waals surface area (Å²) in [5.41, 5.74) is 2.24. The molecule has 0 fully saturated rings. The van der Waals surface area contributed by atoms with Crippen LogP contribution in [0.25, 0.3) is 21.6 Å². The van der Waals surface area contributed by atoms with Gasteiger partial charge in [0.15, 0.2) is 6.29 Å². The van der Waals surface area contributed by atoms with Crippen molar-refractivity contribution in [2.45, 2.75) is 0 Å². The molecule has 17 heavy (non-hydrogen) atoms. The van der Waals surface area contributed by atoms with Gasteiger partial charge in [-0.05, 0) is 11.4 Å². The van der Waals surface area contributed by atoms with Crippen LogP contribution in [0.2, 0.25) is 0 Å². The molecule has 3 heterocycles. The van der Waals surface area contributed by atoms with Gasteiger partial charge >= 0.3 is 0 Å². The number of carbonyl (C=O) groups is 1. The molecule has 5 heteroatoms. The number of rotatable bonds is 2. The van der Waals surface area contributed by atoms with Crippen molar-refractivity contribution < 1.29 is 4.79 Å². The summed E-state index contributed by atoms with van der Waals surface area (Å²) >= 11 is 1.60. The summed E-state index contributed by atoms with van der Waals surface area (Å²) in [7, 11) is 1.88. The highest BCUT2D eigenvalue weighted by Gasteiger charge is 2.14. The van der Waals surface area contributed by atoms with Crippen LogP contribution >= 0.6 is 11.3 Å². The monoisotopic (exact) mass is 243 g/mol. The van der Waals surface area contributed by atoms with Crippen LogP contribution in [0.1, 0.15) is 10.4 Å². The Morgan fingerprint density at radius 2 is 2.29 bits per heavy atom. The molecule has 0 N–H and O–H groups in total. The first kappa shape index (κ1) is 10.2. The largest absolute Gasteiger partial charge is 0.335 e. The van der Waals surface area contributed by atoms with Crippen LogP contribution in [0, 0.1) is 0 Å². The van der Waals surface area contributed by atoms with Crippen molar-refractivity contribution in [1.82, 2.24) is 14.5 Å². The van der Waals surface area contributed by atoms with Gasteiger partial charge < -0.3 is 4.57 Å². The molecular weight excluding hydrogens is 234 g/mol. The lowest BCUT2D eigenvalue weighted by molar-refractivity contribution is 0.112. The van der Waals surface area contributed by atoms with E-state index in [1.54, 1.807) is 17.5 Å². The Bertz CT molecular complexity index is 685. The van der Waals surface area contributed by atoms with Crippen LogP contribution in [-0.2, 0) is 7.05 Å². The molecule has 84 valence electrons. The summed E-state index contributed by atoms with van der Waals surface area (Å²) in [5, 5.41) is 2.82. The Kier molecular flexibility index (Phi) is 2.26. The molecule has 0 saturated heterocycles. The van der Waals surface area contributed by atoms with Crippen LogP contribution in [0.15, 0.2) is 30.0 Å². The standard InChI is InChI=1S/C12H9N3OS/c1-15-5-8(6-16)10-11(9-3-2-4-17-9)13-7-14-12(10)15/h2-7H,1H3. The van der Waals surface area contributed by atoms with Gasteiger partial charge in [-0.1, -0.05) is 6.07 Å². The molecular formula is C12H9N3OS. The maximum Gasteiger partial charge on any atom is 0.152 e. The summed E-state index contributed by atoms with van der Waals surface area (Å²) in [5.74, 6) is 0. The molecule has 0 radical (unpaired) electrons. The van der Waals surface area contributed by atoms with Gasteiger partial charge in [0.2, 0.25) is 0 Å². The zero-order chi connectivity index (χ0) is 11.8. The lowest BCUT2D eigenvalue weighted by atomic mass is 10.2. The van der Waals surface area contributed by atoms with E-state index < -0.39 is 0 Å². The highest BCUT2D eigenvalue weighted by Crippen LogP contribution is 2.31. The number of aryl methyl sites for hydroxylation is 1. The van der Waals surface area contributed by atoms with Gasteiger partial charge in [-0.2, -0.15) is 0 Å². The molecule has 0 bridgehead atoms. The Morgan fingerprint density at radius 1 is 1.41 bits per heavy atom. The van der Waals surface area contributed by atoms with E-state index in [1.165, 1.54) is 6.33 Å². The van der Waals surface area contributed by atoms with Crippen molar-refractivity contribution in [2.24, 2.45) is 7.05 Å². The van der Waals surface area contributed by atoms with Crippen LogP contribution < -0.4 is 0 Å². The molecule has 4 nitrogen and oxygen atoms in total. The normalized spacial score (nSPS) is 10.9. The SMILES string of the molecule is Cn1cc(C=O)c2c(-c3cccs3)ncnc21. The fraction of sp³-hybridized carbons (Fsp3) is 0.0833. The van der Waals surface area contributed by atoms with E-state index in [0.717, 1.165) is 27.9 Å². The lowest BCUT2D eigenvalue weighted by Crippen LogP contribution is -1.90. The van der Waals surface area contributed by atoms with Crippen molar-refractivity contribution in [1.29, 1.82) is 0 Å². The fourth-order valence-corrected chi connectivity index (χ4v) is 2.66. The molecule has 0 aliphatic rings. The van der Waals surface area contributed by atoms with Crippen LogP contribution in [-0.4, -0.2) is 20.8 Å².